The molecular formula is C26H26N4O8. The van der Waals surface area contributed by atoms with Gasteiger partial charge in [0.05, 0.1) is 30.5 Å². The summed E-state index contributed by atoms with van der Waals surface area (Å²) >= 11 is 0. The van der Waals surface area contributed by atoms with Crippen molar-refractivity contribution >= 4 is 23.2 Å². The summed E-state index contributed by atoms with van der Waals surface area (Å²) < 4.78 is 5.39. The van der Waals surface area contributed by atoms with Crippen molar-refractivity contribution in [3.63, 3.8) is 0 Å². The monoisotopic (exact) mass is 522 g/mol. The number of primary amides is 1. The van der Waals surface area contributed by atoms with E-state index in [0.717, 1.165) is 0 Å². The number of H-pyrrole nitrogens is 1. The Morgan fingerprint density at radius 3 is 2.55 bits per heavy atom. The molecule has 1 amide bonds. The number of nitrogens with one attached hydrogen (secondary N) is 1. The maximum absolute atomic E-state index is 14.0. The molecule has 0 bridgehead atoms. The number of phenolic OH excluding ortho intramolecular Hbond substituents is 1. The van der Waals surface area contributed by atoms with E-state index in [1.165, 1.54) is 6.07 Å². The summed E-state index contributed by atoms with van der Waals surface area (Å²) in [5.41, 5.74) is 3.66. The number of aromatic nitrogens is 2. The number of rotatable bonds is 3. The van der Waals surface area contributed by atoms with Crippen molar-refractivity contribution in [1.82, 2.24) is 15.1 Å². The highest BCUT2D eigenvalue weighted by Crippen LogP contribution is 2.53. The number of carbonyl (C=O) groups excluding carboxylic acids is 3. The van der Waals surface area contributed by atoms with Crippen molar-refractivity contribution in [2.24, 2.45) is 17.6 Å². The van der Waals surface area contributed by atoms with Gasteiger partial charge < -0.3 is 30.9 Å². The zero-order valence-electron chi connectivity index (χ0n) is 20.2. The Bertz CT molecular complexity index is 1440. The van der Waals surface area contributed by atoms with Crippen molar-refractivity contribution in [3.8, 4) is 17.0 Å². The summed E-state index contributed by atoms with van der Waals surface area (Å²) in [7, 11) is 0. The number of hydrogen-bond donors (Lipinski definition) is 6. The van der Waals surface area contributed by atoms with Gasteiger partial charge in [-0.15, -0.1) is 0 Å². The van der Waals surface area contributed by atoms with Crippen LogP contribution in [0.1, 0.15) is 17.5 Å². The lowest BCUT2D eigenvalue weighted by Crippen LogP contribution is -2.67. The first-order valence-corrected chi connectivity index (χ1v) is 12.3. The first-order chi connectivity index (χ1) is 18.2. The fourth-order valence-electron chi connectivity index (χ4n) is 6.58. The summed E-state index contributed by atoms with van der Waals surface area (Å²) in [6.45, 7) is 1.23. The Balaban J connectivity index is 1.55. The zero-order chi connectivity index (χ0) is 26.9. The number of carbonyl (C=O) groups is 3. The molecule has 1 aromatic heterocycles. The molecule has 4 unspecified atom stereocenters. The molecule has 1 aromatic carbocycles. The number of nitrogens with two attached hydrogens (primary N) is 1. The Morgan fingerprint density at radius 1 is 1.16 bits per heavy atom. The van der Waals surface area contributed by atoms with Crippen LogP contribution < -0.4 is 5.73 Å². The lowest BCUT2D eigenvalue weighted by atomic mass is 9.57. The lowest BCUT2D eigenvalue weighted by molar-refractivity contribution is -0.157. The first-order valence-electron chi connectivity index (χ1n) is 12.3. The highest BCUT2D eigenvalue weighted by Gasteiger charge is 2.64. The molecule has 1 saturated heterocycles. The molecule has 1 saturated carbocycles. The summed E-state index contributed by atoms with van der Waals surface area (Å²) in [6.07, 6.45) is 1.80. The van der Waals surface area contributed by atoms with Crippen molar-refractivity contribution in [1.29, 1.82) is 0 Å². The van der Waals surface area contributed by atoms with Crippen molar-refractivity contribution in [3.05, 3.63) is 52.4 Å². The molecule has 12 nitrogen and oxygen atoms in total. The minimum atomic E-state index is -2.67. The number of aromatic hydroxyl groups is 1. The van der Waals surface area contributed by atoms with Gasteiger partial charge in [-0.2, -0.15) is 5.10 Å². The van der Waals surface area contributed by atoms with Crippen LogP contribution in [0.15, 0.2) is 41.3 Å². The van der Waals surface area contributed by atoms with Crippen LogP contribution in [-0.2, 0) is 25.5 Å². The number of fused-ring (bicyclic) bond motifs is 3. The Hall–Kier alpha value is -4.00. The molecule has 198 valence electrons. The van der Waals surface area contributed by atoms with Gasteiger partial charge in [0.1, 0.15) is 22.8 Å². The molecule has 12 heteroatoms. The van der Waals surface area contributed by atoms with Gasteiger partial charge in [0.25, 0.3) is 5.91 Å². The van der Waals surface area contributed by atoms with Crippen molar-refractivity contribution < 1.29 is 39.5 Å². The Morgan fingerprint density at radius 2 is 1.89 bits per heavy atom. The number of aliphatic hydroxyl groups is 3. The molecule has 6 rings (SSSR count). The van der Waals surface area contributed by atoms with Crippen LogP contribution in [0.25, 0.3) is 17.0 Å². The maximum Gasteiger partial charge on any atom is 0.255 e. The second kappa shape index (κ2) is 8.51. The largest absolute Gasteiger partial charge is 0.508 e. The number of hydrogen-bond acceptors (Lipinski definition) is 10. The van der Waals surface area contributed by atoms with Gasteiger partial charge in [-0.05, 0) is 42.5 Å². The zero-order valence-corrected chi connectivity index (χ0v) is 20.2. The van der Waals surface area contributed by atoms with Crippen LogP contribution in [-0.4, -0.2) is 90.9 Å². The molecule has 4 aliphatic rings. The van der Waals surface area contributed by atoms with Gasteiger partial charge in [0, 0.05) is 36.3 Å². The number of ketones is 2. The van der Waals surface area contributed by atoms with E-state index in [1.807, 2.05) is 0 Å². The van der Waals surface area contributed by atoms with Crippen LogP contribution in [0.2, 0.25) is 0 Å². The molecule has 0 spiro atoms. The normalized spacial score (nSPS) is 29.7. The number of ether oxygens (including phenoxy) is 1. The Labute approximate surface area is 216 Å². The number of aliphatic hydroxyl groups excluding tert-OH is 2. The van der Waals surface area contributed by atoms with Crippen LogP contribution in [0.5, 0.6) is 5.75 Å². The molecule has 3 aliphatic carbocycles. The van der Waals surface area contributed by atoms with E-state index in [0.29, 0.717) is 43.1 Å². The number of phenols is 1. The summed E-state index contributed by atoms with van der Waals surface area (Å²) in [5, 5.41) is 51.7. The second-order valence-electron chi connectivity index (χ2n) is 10.1. The average Bonchev–Trinajstić information content (AvgIpc) is 3.41. The number of nitrogens with zero attached hydrogens (tertiary/aromatic N) is 2. The van der Waals surface area contributed by atoms with E-state index in [9.17, 15) is 34.8 Å². The van der Waals surface area contributed by atoms with Gasteiger partial charge in [-0.3, -0.25) is 24.4 Å². The van der Waals surface area contributed by atoms with E-state index >= 15 is 0 Å². The van der Waals surface area contributed by atoms with Crippen molar-refractivity contribution in [2.75, 3.05) is 26.3 Å². The average molecular weight is 523 g/mol. The van der Waals surface area contributed by atoms with E-state index in [2.05, 4.69) is 10.2 Å². The second-order valence-corrected chi connectivity index (χ2v) is 10.1. The summed E-state index contributed by atoms with van der Waals surface area (Å²) in [4.78, 5) is 41.5. The molecule has 4 atom stereocenters. The number of morpholine rings is 1. The standard InChI is InChI=1S/C26H26N4O8/c27-25(36)19-22(33)20(30-5-7-38-8-6-30)14-10-11-9-13-12(15-3-4-28-29-15)1-2-16(31)18(13)21(32)17(11)23(34)26(14,37)24(19)35/h1-4,11,14,20,31-32,35,37H,5-10H2,(H2,27,36)(H,28,29). The SMILES string of the molecule is NC(=O)C1=C(O)C2(O)C(=O)C3=C(O)c4c(O)ccc(-c5ccn[nH]5)c4CC3CC2C(N2CCOCC2)C1=O. The maximum atomic E-state index is 14.0. The number of benzene rings is 1. The first kappa shape index (κ1) is 24.3. The van der Waals surface area contributed by atoms with Gasteiger partial charge >= 0.3 is 0 Å². The molecule has 7 N–H and O–H groups in total. The fourth-order valence-corrected chi connectivity index (χ4v) is 6.58. The molecule has 0 radical (unpaired) electrons. The fraction of sp³-hybridized carbons (Fsp3) is 0.385. The molecule has 1 aliphatic heterocycles. The smallest absolute Gasteiger partial charge is 0.255 e. The third-order valence-corrected chi connectivity index (χ3v) is 8.28. The van der Waals surface area contributed by atoms with Gasteiger partial charge in [0.15, 0.2) is 11.4 Å². The third-order valence-electron chi connectivity index (χ3n) is 8.28. The predicted octanol–water partition coefficient (Wildman–Crippen LogP) is 0.125. The van der Waals surface area contributed by atoms with Crippen LogP contribution in [0.3, 0.4) is 0 Å². The summed E-state index contributed by atoms with van der Waals surface area (Å²) in [5.74, 6) is -6.73. The van der Waals surface area contributed by atoms with Gasteiger partial charge in [-0.1, -0.05) is 0 Å². The topological polar surface area (TPSA) is 199 Å². The third kappa shape index (κ3) is 3.20. The van der Waals surface area contributed by atoms with E-state index < -0.39 is 58.0 Å². The van der Waals surface area contributed by atoms with Crippen LogP contribution >= 0.6 is 0 Å². The summed E-state index contributed by atoms with van der Waals surface area (Å²) in [6, 6.07) is 3.67. The molecule has 2 fully saturated rings. The molecule has 2 heterocycles. The van der Waals surface area contributed by atoms with Crippen LogP contribution in [0.4, 0.5) is 0 Å². The predicted molar refractivity (Wildman–Crippen MR) is 131 cm³/mol. The van der Waals surface area contributed by atoms with Crippen LogP contribution in [0, 0.1) is 11.8 Å². The van der Waals surface area contributed by atoms with E-state index in [4.69, 9.17) is 10.5 Å². The molecule has 2 aromatic rings. The quantitative estimate of drug-likeness (QED) is 0.301. The van der Waals surface area contributed by atoms with E-state index in [1.54, 1.807) is 23.2 Å². The molecular weight excluding hydrogens is 496 g/mol. The highest BCUT2D eigenvalue weighted by atomic mass is 16.5. The van der Waals surface area contributed by atoms with Gasteiger partial charge in [-0.25, -0.2) is 0 Å². The molecule has 38 heavy (non-hydrogen) atoms. The Kier molecular flexibility index (Phi) is 5.45. The van der Waals surface area contributed by atoms with Gasteiger partial charge in [0.2, 0.25) is 5.78 Å². The minimum absolute atomic E-state index is 0.0308. The van der Waals surface area contributed by atoms with Crippen molar-refractivity contribution in [2.45, 2.75) is 24.5 Å². The number of amides is 1. The number of aromatic amines is 1. The van der Waals surface area contributed by atoms with E-state index in [-0.39, 0.29) is 29.7 Å². The lowest BCUT2D eigenvalue weighted by Gasteiger charge is -2.51. The minimum Gasteiger partial charge on any atom is -0.508 e. The number of Topliss-reactive ketones (excluding diaryl/α,β-unsaturated/α-hetero) is 2. The highest BCUT2D eigenvalue weighted by molar-refractivity contribution is 6.24.